The first-order valence-electron chi connectivity index (χ1n) is 5.55. The van der Waals surface area contributed by atoms with E-state index in [0.29, 0.717) is 17.2 Å². The van der Waals surface area contributed by atoms with Gasteiger partial charge in [0.05, 0.1) is 6.26 Å². The van der Waals surface area contributed by atoms with E-state index in [9.17, 15) is 8.42 Å². The lowest BCUT2D eigenvalue weighted by atomic mass is 10.3. The fourth-order valence-electron chi connectivity index (χ4n) is 1.55. The molecule has 18 heavy (non-hydrogen) atoms. The molecule has 0 aromatic carbocycles. The normalized spacial score (nSPS) is 12.2. The lowest BCUT2D eigenvalue weighted by Crippen LogP contribution is -2.28. The Morgan fingerprint density at radius 1 is 1.33 bits per heavy atom. The summed E-state index contributed by atoms with van der Waals surface area (Å²) in [5.41, 5.74) is 0. The molecule has 2 aromatic heterocycles. The highest BCUT2D eigenvalue weighted by Crippen LogP contribution is 2.23. The predicted octanol–water partition coefficient (Wildman–Crippen LogP) is 2.51. The summed E-state index contributed by atoms with van der Waals surface area (Å²) in [6.07, 6.45) is 2.17. The van der Waals surface area contributed by atoms with Crippen LogP contribution in [0.1, 0.15) is 10.6 Å². The number of hydrogen-bond donors (Lipinski definition) is 0. The van der Waals surface area contributed by atoms with E-state index >= 15 is 0 Å². The maximum atomic E-state index is 12.2. The van der Waals surface area contributed by atoms with E-state index in [4.69, 9.17) is 4.42 Å². The Balaban J connectivity index is 2.06. The van der Waals surface area contributed by atoms with Crippen LogP contribution < -0.4 is 0 Å². The molecule has 98 valence electrons. The summed E-state index contributed by atoms with van der Waals surface area (Å²) in [4.78, 5) is 0.994. The average molecular weight is 285 g/mol. The predicted molar refractivity (Wildman–Crippen MR) is 71.3 cm³/mol. The van der Waals surface area contributed by atoms with Crippen LogP contribution in [0.5, 0.6) is 0 Å². The van der Waals surface area contributed by atoms with Gasteiger partial charge in [-0.05, 0) is 31.2 Å². The largest absolute Gasteiger partial charge is 0.469 e. The molecule has 2 heterocycles. The van der Waals surface area contributed by atoms with E-state index in [1.54, 1.807) is 25.4 Å². The van der Waals surface area contributed by atoms with Crippen LogP contribution in [-0.4, -0.2) is 26.3 Å². The molecular formula is C12H15NO3S2. The molecule has 0 amide bonds. The van der Waals surface area contributed by atoms with Crippen LogP contribution in [0.25, 0.3) is 0 Å². The van der Waals surface area contributed by atoms with Crippen molar-refractivity contribution in [2.45, 2.75) is 17.6 Å². The van der Waals surface area contributed by atoms with E-state index < -0.39 is 10.0 Å². The number of rotatable bonds is 5. The van der Waals surface area contributed by atoms with Gasteiger partial charge in [0.25, 0.3) is 10.0 Å². The molecule has 6 heteroatoms. The van der Waals surface area contributed by atoms with Crippen molar-refractivity contribution in [3.8, 4) is 0 Å². The molecule has 0 atom stereocenters. The Labute approximate surface area is 111 Å². The van der Waals surface area contributed by atoms with Gasteiger partial charge in [-0.1, -0.05) is 0 Å². The van der Waals surface area contributed by atoms with E-state index in [1.807, 2.05) is 19.1 Å². The van der Waals surface area contributed by atoms with Crippen molar-refractivity contribution in [3.63, 3.8) is 0 Å². The highest BCUT2D eigenvalue weighted by atomic mass is 32.2. The Hall–Kier alpha value is -1.11. The number of likely N-dealkylation sites (N-methyl/N-ethyl adjacent to an activating group) is 1. The van der Waals surface area contributed by atoms with Crippen LogP contribution in [0.3, 0.4) is 0 Å². The number of thiophene rings is 1. The summed E-state index contributed by atoms with van der Waals surface area (Å²) in [6, 6.07) is 7.11. The summed E-state index contributed by atoms with van der Waals surface area (Å²) >= 11 is 1.29. The van der Waals surface area contributed by atoms with Gasteiger partial charge in [-0.2, -0.15) is 4.31 Å². The fraction of sp³-hybridized carbons (Fsp3) is 0.333. The van der Waals surface area contributed by atoms with Gasteiger partial charge < -0.3 is 4.42 Å². The summed E-state index contributed by atoms with van der Waals surface area (Å²) in [6.45, 7) is 2.30. The Morgan fingerprint density at radius 3 is 2.67 bits per heavy atom. The zero-order valence-corrected chi connectivity index (χ0v) is 11.9. The van der Waals surface area contributed by atoms with Crippen molar-refractivity contribution in [3.05, 3.63) is 41.2 Å². The second-order valence-electron chi connectivity index (χ2n) is 4.02. The summed E-state index contributed by atoms with van der Waals surface area (Å²) in [5, 5.41) is 0. The monoisotopic (exact) mass is 285 g/mol. The van der Waals surface area contributed by atoms with Gasteiger partial charge in [-0.15, -0.1) is 11.3 Å². The first-order valence-corrected chi connectivity index (χ1v) is 7.81. The average Bonchev–Trinajstić information content (AvgIpc) is 2.96. The standard InChI is InChI=1S/C12H15NO3S2/c1-10-5-6-12(17-10)18(14,15)13(2)8-7-11-4-3-9-16-11/h3-6,9H,7-8H2,1-2H3. The number of aryl methyl sites for hydroxylation is 1. The lowest BCUT2D eigenvalue weighted by molar-refractivity contribution is 0.442. The van der Waals surface area contributed by atoms with Crippen molar-refractivity contribution in [1.82, 2.24) is 4.31 Å². The second-order valence-corrected chi connectivity index (χ2v) is 7.58. The van der Waals surface area contributed by atoms with Gasteiger partial charge in [0.2, 0.25) is 0 Å². The van der Waals surface area contributed by atoms with Crippen LogP contribution in [0.4, 0.5) is 0 Å². The van der Waals surface area contributed by atoms with Gasteiger partial charge in [-0.3, -0.25) is 0 Å². The van der Waals surface area contributed by atoms with Gasteiger partial charge in [0.1, 0.15) is 9.97 Å². The van der Waals surface area contributed by atoms with Crippen molar-refractivity contribution in [2.75, 3.05) is 13.6 Å². The van der Waals surface area contributed by atoms with Crippen LogP contribution in [0, 0.1) is 6.92 Å². The summed E-state index contributed by atoms with van der Waals surface area (Å²) in [5.74, 6) is 0.791. The van der Waals surface area contributed by atoms with Gasteiger partial charge >= 0.3 is 0 Å². The SMILES string of the molecule is Cc1ccc(S(=O)(=O)N(C)CCc2ccco2)s1. The van der Waals surface area contributed by atoms with E-state index in [0.717, 1.165) is 10.6 Å². The zero-order chi connectivity index (χ0) is 13.2. The number of furan rings is 1. The highest BCUT2D eigenvalue weighted by Gasteiger charge is 2.22. The van der Waals surface area contributed by atoms with E-state index in [1.165, 1.54) is 15.6 Å². The molecule has 2 aromatic rings. The first-order chi connectivity index (χ1) is 8.50. The topological polar surface area (TPSA) is 50.5 Å². The molecule has 2 rings (SSSR count). The van der Waals surface area contributed by atoms with Gasteiger partial charge in [0, 0.05) is 24.9 Å². The summed E-state index contributed by atoms with van der Waals surface area (Å²) < 4.78 is 31.4. The van der Waals surface area contributed by atoms with Crippen molar-refractivity contribution in [1.29, 1.82) is 0 Å². The number of hydrogen-bond acceptors (Lipinski definition) is 4. The number of nitrogens with zero attached hydrogens (tertiary/aromatic N) is 1. The molecule has 0 aliphatic heterocycles. The second kappa shape index (κ2) is 5.26. The minimum Gasteiger partial charge on any atom is -0.469 e. The number of sulfonamides is 1. The third-order valence-electron chi connectivity index (χ3n) is 2.63. The molecule has 0 saturated carbocycles. The fourth-order valence-corrected chi connectivity index (χ4v) is 4.21. The van der Waals surface area contributed by atoms with Crippen LogP contribution in [0.2, 0.25) is 0 Å². The lowest BCUT2D eigenvalue weighted by Gasteiger charge is -2.15. The molecule has 0 N–H and O–H groups in total. The van der Waals surface area contributed by atoms with E-state index in [2.05, 4.69) is 0 Å². The minimum atomic E-state index is -3.36. The van der Waals surface area contributed by atoms with Crippen molar-refractivity contribution in [2.24, 2.45) is 0 Å². The molecule has 4 nitrogen and oxygen atoms in total. The Bertz CT molecular complexity index is 599. The highest BCUT2D eigenvalue weighted by molar-refractivity contribution is 7.91. The molecule has 0 radical (unpaired) electrons. The van der Waals surface area contributed by atoms with Gasteiger partial charge in [-0.25, -0.2) is 8.42 Å². The molecule has 0 spiro atoms. The maximum absolute atomic E-state index is 12.2. The quantitative estimate of drug-likeness (QED) is 0.848. The zero-order valence-electron chi connectivity index (χ0n) is 10.3. The molecule has 0 aliphatic rings. The molecule has 0 aliphatic carbocycles. The Kier molecular flexibility index (Phi) is 3.89. The third kappa shape index (κ3) is 2.82. The van der Waals surface area contributed by atoms with Crippen LogP contribution >= 0.6 is 11.3 Å². The smallest absolute Gasteiger partial charge is 0.252 e. The summed E-state index contributed by atoms with van der Waals surface area (Å²) in [7, 11) is -1.77. The first kappa shape index (κ1) is 13.3. The van der Waals surface area contributed by atoms with Crippen molar-refractivity contribution < 1.29 is 12.8 Å². The van der Waals surface area contributed by atoms with Gasteiger partial charge in [0.15, 0.2) is 0 Å². The molecule has 0 bridgehead atoms. The van der Waals surface area contributed by atoms with Crippen LogP contribution in [0.15, 0.2) is 39.2 Å². The van der Waals surface area contributed by atoms with E-state index in [-0.39, 0.29) is 0 Å². The molecule has 0 fully saturated rings. The maximum Gasteiger partial charge on any atom is 0.252 e. The minimum absolute atomic E-state index is 0.391. The molecular weight excluding hydrogens is 270 g/mol. The van der Waals surface area contributed by atoms with Crippen molar-refractivity contribution >= 4 is 21.4 Å². The van der Waals surface area contributed by atoms with Crippen LogP contribution in [-0.2, 0) is 16.4 Å². The third-order valence-corrected chi connectivity index (χ3v) is 5.96. The Morgan fingerprint density at radius 2 is 2.11 bits per heavy atom. The molecule has 0 saturated heterocycles. The molecule has 0 unspecified atom stereocenters.